The van der Waals surface area contributed by atoms with Crippen LogP contribution >= 0.6 is 15.9 Å². The number of halogens is 1. The second kappa shape index (κ2) is 5.70. The Labute approximate surface area is 96.7 Å². The van der Waals surface area contributed by atoms with E-state index in [0.29, 0.717) is 18.2 Å². The average molecular weight is 274 g/mol. The molecule has 15 heavy (non-hydrogen) atoms. The smallest absolute Gasteiger partial charge is 0.311 e. The number of carbonyl (C=O) groups excluding carboxylic acids is 1. The lowest BCUT2D eigenvalue weighted by molar-refractivity contribution is -0.142. The van der Waals surface area contributed by atoms with Gasteiger partial charge >= 0.3 is 5.97 Å². The van der Waals surface area contributed by atoms with E-state index >= 15 is 0 Å². The molecule has 0 radical (unpaired) electrons. The summed E-state index contributed by atoms with van der Waals surface area (Å²) in [4.78, 5) is 15.3. The van der Waals surface area contributed by atoms with Crippen molar-refractivity contribution in [3.05, 3.63) is 22.3 Å². The standard InChI is InChI=1S/C10H12BrNO3/c1-3-15-10(13)6-8-4-7(11)5-9(12-8)14-2/h4-5H,3,6H2,1-2H3. The Bertz CT molecular complexity index is 355. The predicted molar refractivity (Wildman–Crippen MR) is 58.8 cm³/mol. The fourth-order valence-electron chi connectivity index (χ4n) is 1.08. The van der Waals surface area contributed by atoms with Crippen molar-refractivity contribution >= 4 is 21.9 Å². The predicted octanol–water partition coefficient (Wildman–Crippen LogP) is 1.96. The highest BCUT2D eigenvalue weighted by molar-refractivity contribution is 9.10. The van der Waals surface area contributed by atoms with Crippen molar-refractivity contribution in [2.75, 3.05) is 13.7 Å². The van der Waals surface area contributed by atoms with Crippen LogP contribution in [0.2, 0.25) is 0 Å². The van der Waals surface area contributed by atoms with E-state index in [-0.39, 0.29) is 12.4 Å². The lowest BCUT2D eigenvalue weighted by Crippen LogP contribution is -2.09. The molecule has 0 aromatic carbocycles. The number of esters is 1. The van der Waals surface area contributed by atoms with Gasteiger partial charge in [-0.1, -0.05) is 15.9 Å². The Morgan fingerprint density at radius 3 is 2.87 bits per heavy atom. The van der Waals surface area contributed by atoms with Gasteiger partial charge in [0.1, 0.15) is 0 Å². The lowest BCUT2D eigenvalue weighted by Gasteiger charge is -2.04. The molecule has 0 spiro atoms. The van der Waals surface area contributed by atoms with Crippen LogP contribution in [0.15, 0.2) is 16.6 Å². The van der Waals surface area contributed by atoms with E-state index in [1.165, 1.54) is 7.11 Å². The van der Waals surface area contributed by atoms with Crippen molar-refractivity contribution in [1.82, 2.24) is 4.98 Å². The fraction of sp³-hybridized carbons (Fsp3) is 0.400. The monoisotopic (exact) mass is 273 g/mol. The van der Waals surface area contributed by atoms with Crippen molar-refractivity contribution in [3.63, 3.8) is 0 Å². The van der Waals surface area contributed by atoms with Crippen LogP contribution in [0.1, 0.15) is 12.6 Å². The maximum atomic E-state index is 11.2. The zero-order chi connectivity index (χ0) is 11.3. The largest absolute Gasteiger partial charge is 0.481 e. The third kappa shape index (κ3) is 3.87. The highest BCUT2D eigenvalue weighted by Gasteiger charge is 2.07. The van der Waals surface area contributed by atoms with Crippen molar-refractivity contribution in [2.45, 2.75) is 13.3 Å². The van der Waals surface area contributed by atoms with Crippen LogP contribution in [-0.2, 0) is 16.0 Å². The minimum absolute atomic E-state index is 0.156. The van der Waals surface area contributed by atoms with Crippen LogP contribution in [0.4, 0.5) is 0 Å². The van der Waals surface area contributed by atoms with Crippen molar-refractivity contribution < 1.29 is 14.3 Å². The molecule has 0 amide bonds. The second-order valence-corrected chi connectivity index (χ2v) is 3.72. The molecule has 0 aliphatic carbocycles. The molecule has 0 unspecified atom stereocenters. The topological polar surface area (TPSA) is 48.4 Å². The molecule has 5 heteroatoms. The molecule has 0 saturated heterocycles. The first-order valence-corrected chi connectivity index (χ1v) is 5.31. The quantitative estimate of drug-likeness (QED) is 0.787. The molecule has 0 aliphatic heterocycles. The zero-order valence-corrected chi connectivity index (χ0v) is 10.2. The summed E-state index contributed by atoms with van der Waals surface area (Å²) < 4.78 is 10.6. The van der Waals surface area contributed by atoms with Gasteiger partial charge in [-0.05, 0) is 13.0 Å². The first-order valence-electron chi connectivity index (χ1n) is 4.51. The van der Waals surface area contributed by atoms with Crippen LogP contribution in [-0.4, -0.2) is 24.7 Å². The molecule has 0 atom stereocenters. The molecule has 0 saturated carbocycles. The van der Waals surface area contributed by atoms with E-state index in [2.05, 4.69) is 20.9 Å². The molecule has 4 nitrogen and oxygen atoms in total. The van der Waals surface area contributed by atoms with E-state index in [9.17, 15) is 4.79 Å². The molecule has 0 bridgehead atoms. The minimum Gasteiger partial charge on any atom is -0.481 e. The van der Waals surface area contributed by atoms with Gasteiger partial charge in [-0.25, -0.2) is 4.98 Å². The summed E-state index contributed by atoms with van der Waals surface area (Å²) >= 11 is 3.31. The zero-order valence-electron chi connectivity index (χ0n) is 8.62. The summed E-state index contributed by atoms with van der Waals surface area (Å²) in [6.07, 6.45) is 0.156. The average Bonchev–Trinajstić information content (AvgIpc) is 2.17. The normalized spacial score (nSPS) is 9.80. The number of pyridine rings is 1. The molecule has 82 valence electrons. The highest BCUT2D eigenvalue weighted by Crippen LogP contribution is 2.17. The number of methoxy groups -OCH3 is 1. The Morgan fingerprint density at radius 1 is 1.53 bits per heavy atom. The molecule has 1 heterocycles. The minimum atomic E-state index is -0.287. The number of aromatic nitrogens is 1. The SMILES string of the molecule is CCOC(=O)Cc1cc(Br)cc(OC)n1. The fourth-order valence-corrected chi connectivity index (χ4v) is 1.54. The first kappa shape index (κ1) is 12.0. The van der Waals surface area contributed by atoms with Crippen LogP contribution < -0.4 is 4.74 Å². The van der Waals surface area contributed by atoms with Crippen LogP contribution in [0.3, 0.4) is 0 Å². The van der Waals surface area contributed by atoms with E-state index in [4.69, 9.17) is 9.47 Å². The molecular weight excluding hydrogens is 262 g/mol. The Morgan fingerprint density at radius 2 is 2.27 bits per heavy atom. The Hall–Kier alpha value is -1.10. The van der Waals surface area contributed by atoms with Gasteiger partial charge in [-0.2, -0.15) is 0 Å². The summed E-state index contributed by atoms with van der Waals surface area (Å²) in [5.41, 5.74) is 0.625. The number of nitrogens with zero attached hydrogens (tertiary/aromatic N) is 1. The van der Waals surface area contributed by atoms with Gasteiger partial charge in [0.2, 0.25) is 5.88 Å². The number of carbonyl (C=O) groups is 1. The summed E-state index contributed by atoms with van der Waals surface area (Å²) in [5.74, 6) is 0.189. The lowest BCUT2D eigenvalue weighted by atomic mass is 10.3. The summed E-state index contributed by atoms with van der Waals surface area (Å²) in [5, 5.41) is 0. The van der Waals surface area contributed by atoms with Gasteiger partial charge in [0.05, 0.1) is 25.8 Å². The molecule has 0 N–H and O–H groups in total. The van der Waals surface area contributed by atoms with E-state index in [0.717, 1.165) is 4.47 Å². The van der Waals surface area contributed by atoms with E-state index in [1.807, 2.05) is 0 Å². The molecule has 1 rings (SSSR count). The maximum absolute atomic E-state index is 11.2. The van der Waals surface area contributed by atoms with Crippen molar-refractivity contribution in [2.24, 2.45) is 0 Å². The highest BCUT2D eigenvalue weighted by atomic mass is 79.9. The number of ether oxygens (including phenoxy) is 2. The third-order valence-corrected chi connectivity index (χ3v) is 2.12. The van der Waals surface area contributed by atoms with Gasteiger partial charge in [-0.15, -0.1) is 0 Å². The van der Waals surface area contributed by atoms with Gasteiger partial charge in [0, 0.05) is 10.5 Å². The van der Waals surface area contributed by atoms with Gasteiger partial charge in [0.25, 0.3) is 0 Å². The number of hydrogen-bond acceptors (Lipinski definition) is 4. The van der Waals surface area contributed by atoms with Gasteiger partial charge < -0.3 is 9.47 Å². The second-order valence-electron chi connectivity index (χ2n) is 2.80. The summed E-state index contributed by atoms with van der Waals surface area (Å²) in [7, 11) is 1.53. The van der Waals surface area contributed by atoms with Gasteiger partial charge in [-0.3, -0.25) is 4.79 Å². The molecule has 1 aromatic rings. The molecule has 0 aliphatic rings. The summed E-state index contributed by atoms with van der Waals surface area (Å²) in [6.45, 7) is 2.15. The van der Waals surface area contributed by atoms with Gasteiger partial charge in [0.15, 0.2) is 0 Å². The van der Waals surface area contributed by atoms with E-state index < -0.39 is 0 Å². The Balaban J connectivity index is 2.76. The number of rotatable bonds is 4. The summed E-state index contributed by atoms with van der Waals surface area (Å²) in [6, 6.07) is 3.49. The van der Waals surface area contributed by atoms with Crippen LogP contribution in [0.5, 0.6) is 5.88 Å². The van der Waals surface area contributed by atoms with Crippen molar-refractivity contribution in [1.29, 1.82) is 0 Å². The van der Waals surface area contributed by atoms with Crippen LogP contribution in [0, 0.1) is 0 Å². The Kier molecular flexibility index (Phi) is 4.55. The third-order valence-electron chi connectivity index (χ3n) is 1.66. The molecule has 1 aromatic heterocycles. The number of hydrogen-bond donors (Lipinski definition) is 0. The molecule has 0 fully saturated rings. The first-order chi connectivity index (χ1) is 7.15. The maximum Gasteiger partial charge on any atom is 0.311 e. The van der Waals surface area contributed by atoms with Crippen molar-refractivity contribution in [3.8, 4) is 5.88 Å². The molecular formula is C10H12BrNO3. The van der Waals surface area contributed by atoms with E-state index in [1.54, 1.807) is 19.1 Å². The van der Waals surface area contributed by atoms with Crippen LogP contribution in [0.25, 0.3) is 0 Å².